The highest BCUT2D eigenvalue weighted by Crippen LogP contribution is 2.29. The zero-order valence-corrected chi connectivity index (χ0v) is 13.9. The van der Waals surface area contributed by atoms with Crippen molar-refractivity contribution in [3.63, 3.8) is 0 Å². The van der Waals surface area contributed by atoms with Gasteiger partial charge in [-0.15, -0.1) is 0 Å². The smallest absolute Gasteiger partial charge is 0.222 e. The topological polar surface area (TPSA) is 81.1 Å². The second kappa shape index (κ2) is 6.10. The summed E-state index contributed by atoms with van der Waals surface area (Å²) in [6.07, 6.45) is 0. The Hall–Kier alpha value is -2.24. The monoisotopic (exact) mass is 347 g/mol. The summed E-state index contributed by atoms with van der Waals surface area (Å²) in [4.78, 5) is 10.2. The average Bonchev–Trinajstić information content (AvgIpc) is 2.50. The van der Waals surface area contributed by atoms with Crippen molar-refractivity contribution in [1.82, 2.24) is 9.97 Å². The molecule has 0 unspecified atom stereocenters. The molecule has 3 aromatic rings. The van der Waals surface area contributed by atoms with Gasteiger partial charge >= 0.3 is 0 Å². The van der Waals surface area contributed by atoms with Crippen molar-refractivity contribution in [2.75, 3.05) is 23.4 Å². The third-order valence-corrected chi connectivity index (χ3v) is 4.10. The SMILES string of the molecule is CN(Cc1ccc2nc(N)nc(N)c2c1)c1cc(Cl)ccc1Cl. The van der Waals surface area contributed by atoms with Crippen molar-refractivity contribution in [1.29, 1.82) is 0 Å². The van der Waals surface area contributed by atoms with Gasteiger partial charge in [0, 0.05) is 24.0 Å². The first kappa shape index (κ1) is 15.6. The molecule has 0 aliphatic rings. The Kier molecular flexibility index (Phi) is 4.15. The number of fused-ring (bicyclic) bond motifs is 1. The van der Waals surface area contributed by atoms with Crippen LogP contribution in [0, 0.1) is 0 Å². The largest absolute Gasteiger partial charge is 0.383 e. The molecular formula is C16H15Cl2N5. The molecule has 5 nitrogen and oxygen atoms in total. The highest BCUT2D eigenvalue weighted by Gasteiger charge is 2.10. The van der Waals surface area contributed by atoms with Crippen LogP contribution in [-0.4, -0.2) is 17.0 Å². The predicted molar refractivity (Wildman–Crippen MR) is 96.9 cm³/mol. The Morgan fingerprint density at radius 3 is 2.61 bits per heavy atom. The highest BCUT2D eigenvalue weighted by atomic mass is 35.5. The molecule has 118 valence electrons. The van der Waals surface area contributed by atoms with Crippen LogP contribution in [0.1, 0.15) is 5.56 Å². The van der Waals surface area contributed by atoms with Crippen LogP contribution in [-0.2, 0) is 6.54 Å². The lowest BCUT2D eigenvalue weighted by Gasteiger charge is -2.21. The first-order valence-corrected chi connectivity index (χ1v) is 7.67. The number of benzene rings is 2. The number of aromatic nitrogens is 2. The van der Waals surface area contributed by atoms with E-state index < -0.39 is 0 Å². The fraction of sp³-hybridized carbons (Fsp3) is 0.125. The first-order valence-electron chi connectivity index (χ1n) is 6.92. The van der Waals surface area contributed by atoms with E-state index in [1.54, 1.807) is 12.1 Å². The van der Waals surface area contributed by atoms with Crippen LogP contribution >= 0.6 is 23.2 Å². The molecule has 0 spiro atoms. The van der Waals surface area contributed by atoms with Crippen LogP contribution in [0.2, 0.25) is 10.0 Å². The van der Waals surface area contributed by atoms with E-state index in [-0.39, 0.29) is 5.95 Å². The van der Waals surface area contributed by atoms with Crippen LogP contribution < -0.4 is 16.4 Å². The maximum atomic E-state index is 6.24. The molecule has 3 rings (SSSR count). The highest BCUT2D eigenvalue weighted by molar-refractivity contribution is 6.35. The van der Waals surface area contributed by atoms with Gasteiger partial charge in [0.1, 0.15) is 5.82 Å². The Morgan fingerprint density at radius 2 is 1.83 bits per heavy atom. The third-order valence-electron chi connectivity index (χ3n) is 3.55. The van der Waals surface area contributed by atoms with E-state index in [0.717, 1.165) is 22.2 Å². The summed E-state index contributed by atoms with van der Waals surface area (Å²) in [6, 6.07) is 11.2. The number of halogens is 2. The minimum absolute atomic E-state index is 0.172. The normalized spacial score (nSPS) is 10.9. The molecule has 23 heavy (non-hydrogen) atoms. The van der Waals surface area contributed by atoms with Gasteiger partial charge in [-0.3, -0.25) is 0 Å². The lowest BCUT2D eigenvalue weighted by molar-refractivity contribution is 0.925. The Bertz CT molecular complexity index is 882. The van der Waals surface area contributed by atoms with E-state index in [2.05, 4.69) is 9.97 Å². The lowest BCUT2D eigenvalue weighted by atomic mass is 10.1. The predicted octanol–water partition coefficient (Wildman–Crippen LogP) is 3.74. The summed E-state index contributed by atoms with van der Waals surface area (Å²) in [6.45, 7) is 0.639. The van der Waals surface area contributed by atoms with Gasteiger partial charge in [-0.1, -0.05) is 29.3 Å². The maximum Gasteiger partial charge on any atom is 0.222 e. The number of hydrogen-bond donors (Lipinski definition) is 2. The number of nitrogens with zero attached hydrogens (tertiary/aromatic N) is 3. The number of rotatable bonds is 3. The minimum atomic E-state index is 0.172. The van der Waals surface area contributed by atoms with Crippen molar-refractivity contribution in [2.45, 2.75) is 6.54 Å². The standard InChI is InChI=1S/C16H15Cl2N5/c1-23(14-7-10(17)3-4-12(14)18)8-9-2-5-13-11(6-9)15(19)22-16(20)21-13/h2-7H,8H2,1H3,(H4,19,20,21,22). The van der Waals surface area contributed by atoms with Crippen molar-refractivity contribution in [3.8, 4) is 0 Å². The molecule has 0 fully saturated rings. The zero-order chi connectivity index (χ0) is 16.6. The second-order valence-electron chi connectivity index (χ2n) is 5.27. The molecule has 4 N–H and O–H groups in total. The molecule has 1 aromatic heterocycles. The van der Waals surface area contributed by atoms with E-state index >= 15 is 0 Å². The minimum Gasteiger partial charge on any atom is -0.383 e. The fourth-order valence-electron chi connectivity index (χ4n) is 2.45. The van der Waals surface area contributed by atoms with Gasteiger partial charge in [0.2, 0.25) is 5.95 Å². The summed E-state index contributed by atoms with van der Waals surface area (Å²) in [5, 5.41) is 2.07. The molecule has 0 atom stereocenters. The number of nitrogen functional groups attached to an aromatic ring is 2. The molecule has 0 amide bonds. The maximum absolute atomic E-state index is 6.24. The summed E-state index contributed by atoms with van der Waals surface area (Å²) in [5.41, 5.74) is 14.2. The number of hydrogen-bond acceptors (Lipinski definition) is 5. The first-order chi connectivity index (χ1) is 10.9. The van der Waals surface area contributed by atoms with Crippen molar-refractivity contribution < 1.29 is 0 Å². The number of nitrogens with two attached hydrogens (primary N) is 2. The molecule has 0 aliphatic carbocycles. The van der Waals surface area contributed by atoms with E-state index in [0.29, 0.717) is 22.4 Å². The summed E-state index contributed by atoms with van der Waals surface area (Å²) >= 11 is 12.3. The van der Waals surface area contributed by atoms with Crippen molar-refractivity contribution in [2.24, 2.45) is 0 Å². The molecule has 0 radical (unpaired) electrons. The van der Waals surface area contributed by atoms with Gasteiger partial charge in [0.05, 0.1) is 16.2 Å². The summed E-state index contributed by atoms with van der Waals surface area (Å²) in [5.74, 6) is 0.545. The van der Waals surface area contributed by atoms with Crippen LogP contribution in [0.5, 0.6) is 0 Å². The van der Waals surface area contributed by atoms with Gasteiger partial charge in [-0.25, -0.2) is 4.98 Å². The van der Waals surface area contributed by atoms with Crippen molar-refractivity contribution in [3.05, 3.63) is 52.0 Å². The van der Waals surface area contributed by atoms with Gasteiger partial charge < -0.3 is 16.4 Å². The molecule has 0 aliphatic heterocycles. The molecule has 0 saturated carbocycles. The van der Waals surface area contributed by atoms with Crippen molar-refractivity contribution >= 4 is 51.6 Å². The van der Waals surface area contributed by atoms with Gasteiger partial charge in [0.25, 0.3) is 0 Å². The molecule has 0 saturated heterocycles. The molecular weight excluding hydrogens is 333 g/mol. The van der Waals surface area contributed by atoms with E-state index in [1.807, 2.05) is 36.2 Å². The molecule has 2 aromatic carbocycles. The third kappa shape index (κ3) is 3.25. The van der Waals surface area contributed by atoms with E-state index in [4.69, 9.17) is 34.7 Å². The summed E-state index contributed by atoms with van der Waals surface area (Å²) < 4.78 is 0. The van der Waals surface area contributed by atoms with Gasteiger partial charge in [-0.05, 0) is 35.9 Å². The summed E-state index contributed by atoms with van der Waals surface area (Å²) in [7, 11) is 1.95. The molecule has 7 heteroatoms. The Labute approximate surface area is 143 Å². The Balaban J connectivity index is 1.93. The Morgan fingerprint density at radius 1 is 1.04 bits per heavy atom. The van der Waals surface area contributed by atoms with E-state index in [1.165, 1.54) is 0 Å². The lowest BCUT2D eigenvalue weighted by Crippen LogP contribution is -2.16. The fourth-order valence-corrected chi connectivity index (χ4v) is 2.88. The van der Waals surface area contributed by atoms with Crippen LogP contribution in [0.4, 0.5) is 17.5 Å². The van der Waals surface area contributed by atoms with Gasteiger partial charge in [0.15, 0.2) is 0 Å². The zero-order valence-electron chi connectivity index (χ0n) is 12.4. The van der Waals surface area contributed by atoms with Crippen LogP contribution in [0.25, 0.3) is 10.9 Å². The van der Waals surface area contributed by atoms with Crippen LogP contribution in [0.3, 0.4) is 0 Å². The average molecular weight is 348 g/mol. The molecule has 1 heterocycles. The van der Waals surface area contributed by atoms with E-state index in [9.17, 15) is 0 Å². The van der Waals surface area contributed by atoms with Crippen LogP contribution in [0.15, 0.2) is 36.4 Å². The second-order valence-corrected chi connectivity index (χ2v) is 6.11. The quantitative estimate of drug-likeness (QED) is 0.754. The number of anilines is 3. The van der Waals surface area contributed by atoms with Gasteiger partial charge in [-0.2, -0.15) is 4.98 Å². The molecule has 0 bridgehead atoms.